The van der Waals surface area contributed by atoms with Gasteiger partial charge in [-0.25, -0.2) is 0 Å². The number of Topliss-reactive ketones (excluding diaryl/α,β-unsaturated/α-hetero) is 1. The van der Waals surface area contributed by atoms with Crippen molar-refractivity contribution in [2.24, 2.45) is 0 Å². The molecule has 2 heterocycles. The van der Waals surface area contributed by atoms with Gasteiger partial charge in [0.05, 0.1) is 38.6 Å². The van der Waals surface area contributed by atoms with Crippen LogP contribution in [0.5, 0.6) is 17.2 Å². The van der Waals surface area contributed by atoms with Gasteiger partial charge in [0, 0.05) is 5.56 Å². The van der Waals surface area contributed by atoms with Crippen LogP contribution in [-0.2, 0) is 16.1 Å². The molecule has 0 spiro atoms. The second kappa shape index (κ2) is 8.50. The normalized spacial score (nSPS) is 17.6. The first kappa shape index (κ1) is 21.0. The number of carbonyl (C=O) groups is 2. The van der Waals surface area contributed by atoms with Crippen LogP contribution < -0.4 is 9.47 Å². The lowest BCUT2D eigenvalue weighted by atomic mass is 9.95. The molecule has 4 rings (SSSR count). The monoisotopic (exact) mass is 435 g/mol. The Balaban J connectivity index is 1.90. The summed E-state index contributed by atoms with van der Waals surface area (Å²) in [7, 11) is 2.89. The Morgan fingerprint density at radius 2 is 1.88 bits per heavy atom. The highest BCUT2D eigenvalue weighted by Gasteiger charge is 2.46. The van der Waals surface area contributed by atoms with E-state index in [9.17, 15) is 19.8 Å². The minimum atomic E-state index is -0.930. The van der Waals surface area contributed by atoms with Gasteiger partial charge < -0.3 is 29.0 Å². The SMILES string of the molecule is COc1cccc(C(O)=C2C(=O)C(=O)N(Cc3ccco3)C2c2ccc(O)c(OC)c2)c1. The summed E-state index contributed by atoms with van der Waals surface area (Å²) in [6.45, 7) is 0.0142. The van der Waals surface area contributed by atoms with Crippen LogP contribution in [-0.4, -0.2) is 41.0 Å². The van der Waals surface area contributed by atoms with E-state index in [0.29, 0.717) is 22.6 Å². The molecular weight excluding hydrogens is 414 g/mol. The van der Waals surface area contributed by atoms with Crippen molar-refractivity contribution in [2.45, 2.75) is 12.6 Å². The first-order chi connectivity index (χ1) is 15.4. The molecule has 164 valence electrons. The fourth-order valence-electron chi connectivity index (χ4n) is 3.75. The predicted octanol–water partition coefficient (Wildman–Crippen LogP) is 3.62. The van der Waals surface area contributed by atoms with Crippen molar-refractivity contribution in [1.82, 2.24) is 4.90 Å². The number of aliphatic hydroxyl groups is 1. The second-order valence-electron chi connectivity index (χ2n) is 7.17. The van der Waals surface area contributed by atoms with Gasteiger partial charge >= 0.3 is 0 Å². The standard InChI is InChI=1S/C24H21NO7/c1-30-16-6-3-5-15(11-16)22(27)20-21(14-8-9-18(26)19(12-14)31-2)25(24(29)23(20)28)13-17-7-4-10-32-17/h3-12,21,26-27H,13H2,1-2H3. The van der Waals surface area contributed by atoms with Gasteiger partial charge in [0.1, 0.15) is 17.3 Å². The van der Waals surface area contributed by atoms with E-state index < -0.39 is 17.7 Å². The Labute approximate surface area is 183 Å². The van der Waals surface area contributed by atoms with Crippen molar-refractivity contribution < 1.29 is 33.7 Å². The number of phenols is 1. The molecule has 0 bridgehead atoms. The molecule has 1 saturated heterocycles. The molecule has 1 aliphatic heterocycles. The maximum atomic E-state index is 13.1. The maximum Gasteiger partial charge on any atom is 0.296 e. The largest absolute Gasteiger partial charge is 0.507 e. The summed E-state index contributed by atoms with van der Waals surface area (Å²) in [5.74, 6) is -0.886. The number of amides is 1. The number of furan rings is 1. The van der Waals surface area contributed by atoms with Gasteiger partial charge in [-0.3, -0.25) is 9.59 Å². The Morgan fingerprint density at radius 1 is 1.06 bits per heavy atom. The molecule has 8 heteroatoms. The number of likely N-dealkylation sites (tertiary alicyclic amines) is 1. The fraction of sp³-hybridized carbons (Fsp3) is 0.167. The lowest BCUT2D eigenvalue weighted by molar-refractivity contribution is -0.140. The average molecular weight is 435 g/mol. The Morgan fingerprint density at radius 3 is 2.56 bits per heavy atom. The van der Waals surface area contributed by atoms with E-state index in [2.05, 4.69) is 0 Å². The van der Waals surface area contributed by atoms with Crippen LogP contribution in [0.25, 0.3) is 5.76 Å². The number of hydrogen-bond donors (Lipinski definition) is 2. The molecule has 1 unspecified atom stereocenters. The zero-order chi connectivity index (χ0) is 22.8. The highest BCUT2D eigenvalue weighted by Crippen LogP contribution is 2.42. The molecule has 1 amide bonds. The van der Waals surface area contributed by atoms with Crippen LogP contribution in [0.4, 0.5) is 0 Å². The number of aliphatic hydroxyl groups excluding tert-OH is 1. The number of nitrogens with zero attached hydrogens (tertiary/aromatic N) is 1. The summed E-state index contributed by atoms with van der Waals surface area (Å²) in [5.41, 5.74) is 0.730. The van der Waals surface area contributed by atoms with Crippen LogP contribution in [0.3, 0.4) is 0 Å². The van der Waals surface area contributed by atoms with Gasteiger partial charge in [0.2, 0.25) is 0 Å². The molecule has 1 aliphatic rings. The molecule has 32 heavy (non-hydrogen) atoms. The number of ketones is 1. The van der Waals surface area contributed by atoms with E-state index >= 15 is 0 Å². The Bertz CT molecular complexity index is 1200. The van der Waals surface area contributed by atoms with Crippen molar-refractivity contribution in [3.05, 3.63) is 83.3 Å². The summed E-state index contributed by atoms with van der Waals surface area (Å²) < 4.78 is 15.8. The van der Waals surface area contributed by atoms with Gasteiger partial charge in [-0.05, 0) is 42.0 Å². The molecule has 0 radical (unpaired) electrons. The lowest BCUT2D eigenvalue weighted by Gasteiger charge is -2.25. The zero-order valence-electron chi connectivity index (χ0n) is 17.4. The summed E-state index contributed by atoms with van der Waals surface area (Å²) in [4.78, 5) is 27.4. The van der Waals surface area contributed by atoms with Gasteiger partial charge in [0.15, 0.2) is 11.5 Å². The Kier molecular flexibility index (Phi) is 5.59. The van der Waals surface area contributed by atoms with Crippen molar-refractivity contribution in [1.29, 1.82) is 0 Å². The van der Waals surface area contributed by atoms with Crippen LogP contribution in [0.2, 0.25) is 0 Å². The predicted molar refractivity (Wildman–Crippen MR) is 114 cm³/mol. The number of carbonyl (C=O) groups excluding carboxylic acids is 2. The minimum absolute atomic E-state index is 0.0142. The fourth-order valence-corrected chi connectivity index (χ4v) is 3.75. The molecule has 1 aromatic heterocycles. The molecule has 8 nitrogen and oxygen atoms in total. The minimum Gasteiger partial charge on any atom is -0.507 e. The molecular formula is C24H21NO7. The summed E-state index contributed by atoms with van der Waals surface area (Å²) in [6, 6.07) is 13.5. The number of aromatic hydroxyl groups is 1. The summed E-state index contributed by atoms with van der Waals surface area (Å²) in [5, 5.41) is 21.1. The molecule has 1 fully saturated rings. The number of hydrogen-bond acceptors (Lipinski definition) is 7. The topological polar surface area (TPSA) is 109 Å². The third-order valence-corrected chi connectivity index (χ3v) is 5.31. The number of rotatable bonds is 6. The molecule has 1 atom stereocenters. The number of phenolic OH excluding ortho intramolecular Hbond substituents is 1. The highest BCUT2D eigenvalue weighted by molar-refractivity contribution is 6.46. The molecule has 0 saturated carbocycles. The van der Waals surface area contributed by atoms with E-state index in [-0.39, 0.29) is 29.4 Å². The number of ether oxygens (including phenoxy) is 2. The second-order valence-corrected chi connectivity index (χ2v) is 7.17. The van der Waals surface area contributed by atoms with E-state index in [1.807, 2.05) is 0 Å². The van der Waals surface area contributed by atoms with Gasteiger partial charge in [-0.1, -0.05) is 18.2 Å². The first-order valence-corrected chi connectivity index (χ1v) is 9.76. The van der Waals surface area contributed by atoms with E-state index in [1.54, 1.807) is 42.5 Å². The van der Waals surface area contributed by atoms with Crippen LogP contribution >= 0.6 is 0 Å². The quantitative estimate of drug-likeness (QED) is 0.346. The zero-order valence-corrected chi connectivity index (χ0v) is 17.4. The molecule has 2 N–H and O–H groups in total. The van der Waals surface area contributed by atoms with E-state index in [1.165, 1.54) is 37.5 Å². The van der Waals surface area contributed by atoms with Crippen LogP contribution in [0, 0.1) is 0 Å². The van der Waals surface area contributed by atoms with Gasteiger partial charge in [-0.2, -0.15) is 0 Å². The molecule has 2 aromatic carbocycles. The van der Waals surface area contributed by atoms with E-state index in [4.69, 9.17) is 13.9 Å². The third kappa shape index (κ3) is 3.66. The smallest absolute Gasteiger partial charge is 0.296 e. The number of methoxy groups -OCH3 is 2. The van der Waals surface area contributed by atoms with Crippen molar-refractivity contribution >= 4 is 17.4 Å². The summed E-state index contributed by atoms with van der Waals surface area (Å²) in [6.07, 6.45) is 1.47. The lowest BCUT2D eigenvalue weighted by Crippen LogP contribution is -2.29. The maximum absolute atomic E-state index is 13.1. The summed E-state index contributed by atoms with van der Waals surface area (Å²) >= 11 is 0. The molecule has 3 aromatic rings. The Hall–Kier alpha value is -4.20. The van der Waals surface area contributed by atoms with Crippen molar-refractivity contribution in [2.75, 3.05) is 14.2 Å². The molecule has 0 aliphatic carbocycles. The van der Waals surface area contributed by atoms with Crippen molar-refractivity contribution in [3.8, 4) is 17.2 Å². The average Bonchev–Trinajstić information content (AvgIpc) is 3.41. The third-order valence-electron chi connectivity index (χ3n) is 5.31. The van der Waals surface area contributed by atoms with E-state index in [0.717, 1.165) is 0 Å². The van der Waals surface area contributed by atoms with Gasteiger partial charge in [0.25, 0.3) is 11.7 Å². The first-order valence-electron chi connectivity index (χ1n) is 9.76. The van der Waals surface area contributed by atoms with Crippen LogP contribution in [0.1, 0.15) is 22.9 Å². The van der Waals surface area contributed by atoms with Gasteiger partial charge in [-0.15, -0.1) is 0 Å². The van der Waals surface area contributed by atoms with Crippen molar-refractivity contribution in [3.63, 3.8) is 0 Å². The number of benzene rings is 2. The highest BCUT2D eigenvalue weighted by atomic mass is 16.5. The van der Waals surface area contributed by atoms with Crippen LogP contribution in [0.15, 0.2) is 70.9 Å².